The summed E-state index contributed by atoms with van der Waals surface area (Å²) < 4.78 is 11.1. The highest BCUT2D eigenvalue weighted by atomic mass is 16.5. The molecule has 1 aromatic rings. The third-order valence-electron chi connectivity index (χ3n) is 4.66. The maximum absolute atomic E-state index is 11.6. The minimum atomic E-state index is -0.0184. The van der Waals surface area contributed by atoms with Crippen LogP contribution in [-0.4, -0.2) is 67.2 Å². The smallest absolute Gasteiger partial charge is 0.248 e. The molecule has 0 aromatic carbocycles. The van der Waals surface area contributed by atoms with Crippen molar-refractivity contribution in [2.45, 2.75) is 32.0 Å². The molecule has 2 aliphatic rings. The summed E-state index contributed by atoms with van der Waals surface area (Å²) >= 11 is 0. The van der Waals surface area contributed by atoms with E-state index in [1.165, 1.54) is 11.1 Å². The van der Waals surface area contributed by atoms with Crippen LogP contribution in [0.25, 0.3) is 0 Å². The van der Waals surface area contributed by atoms with Crippen LogP contribution in [0, 0.1) is 0 Å². The van der Waals surface area contributed by atoms with Gasteiger partial charge in [-0.2, -0.15) is 0 Å². The first kappa shape index (κ1) is 16.4. The maximum Gasteiger partial charge on any atom is 0.248 e. The molecule has 3 rings (SSSR count). The number of carbonyl (C=O) groups excluding carboxylic acids is 1. The second kappa shape index (κ2) is 7.38. The number of hydrogen-bond acceptors (Lipinski definition) is 5. The second-order valence-electron chi connectivity index (χ2n) is 6.46. The van der Waals surface area contributed by atoms with E-state index in [4.69, 9.17) is 9.47 Å². The van der Waals surface area contributed by atoms with Crippen molar-refractivity contribution in [1.29, 1.82) is 0 Å². The zero-order chi connectivity index (χ0) is 16.2. The van der Waals surface area contributed by atoms with E-state index in [1.54, 1.807) is 19.0 Å². The third kappa shape index (κ3) is 3.88. The molecule has 6 heteroatoms. The quantitative estimate of drug-likeness (QED) is 0.805. The minimum absolute atomic E-state index is 0.0184. The number of aromatic nitrogens is 1. The lowest BCUT2D eigenvalue weighted by molar-refractivity contribution is -0.133. The summed E-state index contributed by atoms with van der Waals surface area (Å²) in [4.78, 5) is 20.0. The van der Waals surface area contributed by atoms with Gasteiger partial charge in [0.05, 0.1) is 13.2 Å². The largest absolute Gasteiger partial charge is 0.380 e. The van der Waals surface area contributed by atoms with Crippen LogP contribution in [0.3, 0.4) is 0 Å². The van der Waals surface area contributed by atoms with E-state index in [2.05, 4.69) is 9.88 Å². The Morgan fingerprint density at radius 3 is 3.09 bits per heavy atom. The molecule has 1 saturated heterocycles. The average molecular weight is 319 g/mol. The summed E-state index contributed by atoms with van der Waals surface area (Å²) in [7, 11) is 3.47. The monoisotopic (exact) mass is 319 g/mol. The molecular formula is C17H25N3O3. The summed E-state index contributed by atoms with van der Waals surface area (Å²) in [5.41, 5.74) is 3.73. The van der Waals surface area contributed by atoms with Crippen molar-refractivity contribution in [3.05, 3.63) is 29.1 Å². The van der Waals surface area contributed by atoms with E-state index in [0.717, 1.165) is 44.7 Å². The summed E-state index contributed by atoms with van der Waals surface area (Å²) in [6.45, 7) is 4.26. The highest BCUT2D eigenvalue weighted by molar-refractivity contribution is 5.76. The van der Waals surface area contributed by atoms with Gasteiger partial charge in [0.2, 0.25) is 5.91 Å². The van der Waals surface area contributed by atoms with Crippen molar-refractivity contribution >= 4 is 5.91 Å². The summed E-state index contributed by atoms with van der Waals surface area (Å²) in [5, 5.41) is 0. The lowest BCUT2D eigenvalue weighted by Crippen LogP contribution is -2.40. The highest BCUT2D eigenvalue weighted by Gasteiger charge is 2.27. The zero-order valence-electron chi connectivity index (χ0n) is 14.0. The molecule has 1 aromatic heterocycles. The first-order chi connectivity index (χ1) is 11.1. The normalized spacial score (nSPS) is 21.2. The van der Waals surface area contributed by atoms with Crippen LogP contribution in [0.2, 0.25) is 0 Å². The van der Waals surface area contributed by atoms with Gasteiger partial charge >= 0.3 is 0 Å². The van der Waals surface area contributed by atoms with Gasteiger partial charge in [0.25, 0.3) is 0 Å². The van der Waals surface area contributed by atoms with E-state index in [0.29, 0.717) is 12.6 Å². The second-order valence-corrected chi connectivity index (χ2v) is 6.46. The number of amides is 1. The number of hydrogen-bond donors (Lipinski definition) is 0. The molecule has 6 nitrogen and oxygen atoms in total. The van der Waals surface area contributed by atoms with Gasteiger partial charge in [0, 0.05) is 52.2 Å². The number of pyridine rings is 1. The fraction of sp³-hybridized carbons (Fsp3) is 0.647. The van der Waals surface area contributed by atoms with Gasteiger partial charge in [-0.15, -0.1) is 0 Å². The first-order valence-corrected chi connectivity index (χ1v) is 8.19. The average Bonchev–Trinajstić information content (AvgIpc) is 3.08. The molecule has 2 aliphatic heterocycles. The van der Waals surface area contributed by atoms with E-state index in [-0.39, 0.29) is 12.5 Å². The zero-order valence-corrected chi connectivity index (χ0v) is 14.0. The summed E-state index contributed by atoms with van der Waals surface area (Å²) in [5.74, 6) is -0.0184. The van der Waals surface area contributed by atoms with Crippen LogP contribution in [0.5, 0.6) is 0 Å². The van der Waals surface area contributed by atoms with Gasteiger partial charge in [-0.05, 0) is 29.5 Å². The van der Waals surface area contributed by atoms with E-state index >= 15 is 0 Å². The molecule has 0 aliphatic carbocycles. The molecule has 126 valence electrons. The van der Waals surface area contributed by atoms with E-state index in [1.807, 2.05) is 12.4 Å². The van der Waals surface area contributed by atoms with E-state index < -0.39 is 0 Å². The van der Waals surface area contributed by atoms with Gasteiger partial charge in [-0.3, -0.25) is 14.7 Å². The Morgan fingerprint density at radius 2 is 2.35 bits per heavy atom. The van der Waals surface area contributed by atoms with Crippen LogP contribution >= 0.6 is 0 Å². The molecule has 23 heavy (non-hydrogen) atoms. The Morgan fingerprint density at radius 1 is 1.48 bits per heavy atom. The number of nitrogens with zero attached hydrogens (tertiary/aromatic N) is 3. The minimum Gasteiger partial charge on any atom is -0.380 e. The number of likely N-dealkylation sites (N-methyl/N-ethyl adjacent to an activating group) is 1. The molecule has 0 unspecified atom stereocenters. The Labute approximate surface area is 137 Å². The molecule has 1 amide bonds. The Balaban J connectivity index is 1.61. The van der Waals surface area contributed by atoms with Crippen molar-refractivity contribution in [3.8, 4) is 0 Å². The molecule has 3 heterocycles. The Bertz CT molecular complexity index is 556. The lowest BCUT2D eigenvalue weighted by atomic mass is 9.96. The summed E-state index contributed by atoms with van der Waals surface area (Å²) in [6.07, 6.45) is 5.96. The first-order valence-electron chi connectivity index (χ1n) is 8.19. The van der Waals surface area contributed by atoms with Crippen LogP contribution in [0.1, 0.15) is 23.1 Å². The van der Waals surface area contributed by atoms with Crippen molar-refractivity contribution < 1.29 is 14.3 Å². The topological polar surface area (TPSA) is 54.9 Å². The van der Waals surface area contributed by atoms with Gasteiger partial charge in [0.15, 0.2) is 0 Å². The predicted octanol–water partition coefficient (Wildman–Crippen LogP) is 0.833. The number of fused-ring (bicyclic) bond motifs is 1. The summed E-state index contributed by atoms with van der Waals surface area (Å²) in [6, 6.07) is 0.542. The SMILES string of the molecule is CN(C)C(=O)COCc1cncc2c1CCN([C@@H]1CCOC1)C2. The third-order valence-corrected chi connectivity index (χ3v) is 4.66. The highest BCUT2D eigenvalue weighted by Crippen LogP contribution is 2.25. The van der Waals surface area contributed by atoms with E-state index in [9.17, 15) is 4.79 Å². The molecular weight excluding hydrogens is 294 g/mol. The van der Waals surface area contributed by atoms with Crippen LogP contribution in [0.15, 0.2) is 12.4 Å². The van der Waals surface area contributed by atoms with Gasteiger partial charge in [-0.25, -0.2) is 0 Å². The van der Waals surface area contributed by atoms with Crippen molar-refractivity contribution in [3.63, 3.8) is 0 Å². The standard InChI is InChI=1S/C17H25N3O3/c1-19(2)17(21)12-23-10-14-8-18-7-13-9-20(5-3-16(13)14)15-4-6-22-11-15/h7-8,15H,3-6,9-12H2,1-2H3/t15-/m1/s1. The van der Waals surface area contributed by atoms with Crippen molar-refractivity contribution in [1.82, 2.24) is 14.8 Å². The fourth-order valence-electron chi connectivity index (χ4n) is 3.21. The predicted molar refractivity (Wildman–Crippen MR) is 85.9 cm³/mol. The van der Waals surface area contributed by atoms with Crippen LogP contribution in [-0.2, 0) is 33.8 Å². The number of rotatable bonds is 5. The lowest BCUT2D eigenvalue weighted by Gasteiger charge is -2.33. The van der Waals surface area contributed by atoms with Crippen molar-refractivity contribution in [2.24, 2.45) is 0 Å². The van der Waals surface area contributed by atoms with Crippen molar-refractivity contribution in [2.75, 3.05) is 40.5 Å². The van der Waals surface area contributed by atoms with Gasteiger partial charge in [0.1, 0.15) is 6.61 Å². The molecule has 0 spiro atoms. The van der Waals surface area contributed by atoms with Gasteiger partial charge in [-0.1, -0.05) is 0 Å². The molecule has 0 N–H and O–H groups in total. The molecule has 0 saturated carbocycles. The van der Waals surface area contributed by atoms with Crippen LogP contribution in [0.4, 0.5) is 0 Å². The number of ether oxygens (including phenoxy) is 2. The molecule has 1 atom stereocenters. The van der Waals surface area contributed by atoms with Crippen LogP contribution < -0.4 is 0 Å². The Hall–Kier alpha value is -1.50. The Kier molecular flexibility index (Phi) is 5.25. The van der Waals surface area contributed by atoms with Gasteiger partial charge < -0.3 is 14.4 Å². The fourth-order valence-corrected chi connectivity index (χ4v) is 3.21. The maximum atomic E-state index is 11.6. The molecule has 0 bridgehead atoms. The molecule has 1 fully saturated rings. The molecule has 0 radical (unpaired) electrons. The number of carbonyl (C=O) groups is 1.